The van der Waals surface area contributed by atoms with Crippen molar-refractivity contribution in [3.8, 4) is 0 Å². The van der Waals surface area contributed by atoms with Crippen LogP contribution in [0.4, 0.5) is 0 Å². The number of carbonyl (C=O) groups excluding carboxylic acids is 1. The molecule has 2 heterocycles. The molecule has 0 aliphatic carbocycles. The molecule has 1 saturated heterocycles. The van der Waals surface area contributed by atoms with E-state index in [9.17, 15) is 9.59 Å². The Morgan fingerprint density at radius 1 is 1.47 bits per heavy atom. The third kappa shape index (κ3) is 3.29. The number of carboxylic acid groups (broad SMARTS) is 1. The fourth-order valence-corrected chi connectivity index (χ4v) is 2.03. The lowest BCUT2D eigenvalue weighted by Gasteiger charge is -2.34. The summed E-state index contributed by atoms with van der Waals surface area (Å²) in [5, 5.41) is 11.6. The smallest absolute Gasteiger partial charge is 0.354 e. The van der Waals surface area contributed by atoms with Crippen molar-refractivity contribution in [1.82, 2.24) is 10.3 Å². The Hall–Kier alpha value is -1.95. The van der Waals surface area contributed by atoms with Crippen molar-refractivity contribution < 1.29 is 19.4 Å². The normalized spacial score (nSPS) is 22.8. The fraction of sp³-hybridized carbons (Fsp3) is 0.462. The van der Waals surface area contributed by atoms with E-state index in [-0.39, 0.29) is 17.1 Å². The van der Waals surface area contributed by atoms with Crippen molar-refractivity contribution in [3.05, 3.63) is 29.6 Å². The van der Waals surface area contributed by atoms with Gasteiger partial charge in [0.25, 0.3) is 5.91 Å². The Kier molecular flexibility index (Phi) is 3.80. The number of hydrogen-bond acceptors (Lipinski definition) is 4. The van der Waals surface area contributed by atoms with E-state index < -0.39 is 5.97 Å². The van der Waals surface area contributed by atoms with E-state index in [1.165, 1.54) is 18.3 Å². The van der Waals surface area contributed by atoms with Gasteiger partial charge in [0.2, 0.25) is 0 Å². The maximum atomic E-state index is 12.0. The van der Waals surface area contributed by atoms with Crippen LogP contribution >= 0.6 is 0 Å². The molecule has 6 heteroatoms. The van der Waals surface area contributed by atoms with Gasteiger partial charge in [0, 0.05) is 12.8 Å². The van der Waals surface area contributed by atoms with E-state index in [0.29, 0.717) is 12.2 Å². The standard InChI is InChI=1S/C13H16N2O4/c1-13(5-2-6-19-8-13)15-11(16)9-3-4-10(12(17)18)14-7-9/h3-4,7H,2,5-6,8H2,1H3,(H,15,16)(H,17,18). The number of hydrogen-bond donors (Lipinski definition) is 2. The van der Waals surface area contributed by atoms with Gasteiger partial charge >= 0.3 is 5.97 Å². The summed E-state index contributed by atoms with van der Waals surface area (Å²) in [6.07, 6.45) is 3.04. The molecule has 1 fully saturated rings. The van der Waals surface area contributed by atoms with Crippen LogP contribution in [0.5, 0.6) is 0 Å². The van der Waals surface area contributed by atoms with Crippen LogP contribution in [0.2, 0.25) is 0 Å². The van der Waals surface area contributed by atoms with Gasteiger partial charge in [0.15, 0.2) is 0 Å². The number of aromatic nitrogens is 1. The highest BCUT2D eigenvalue weighted by Gasteiger charge is 2.29. The zero-order valence-electron chi connectivity index (χ0n) is 10.7. The van der Waals surface area contributed by atoms with Crippen molar-refractivity contribution in [2.75, 3.05) is 13.2 Å². The zero-order valence-corrected chi connectivity index (χ0v) is 10.7. The average Bonchev–Trinajstić information content (AvgIpc) is 2.39. The van der Waals surface area contributed by atoms with Gasteiger partial charge < -0.3 is 15.2 Å². The van der Waals surface area contributed by atoms with Crippen molar-refractivity contribution in [3.63, 3.8) is 0 Å². The second-order valence-corrected chi connectivity index (χ2v) is 4.91. The lowest BCUT2D eigenvalue weighted by molar-refractivity contribution is 0.0272. The first-order valence-electron chi connectivity index (χ1n) is 6.10. The summed E-state index contributed by atoms with van der Waals surface area (Å²) in [7, 11) is 0. The summed E-state index contributed by atoms with van der Waals surface area (Å²) in [4.78, 5) is 26.4. The first kappa shape index (κ1) is 13.5. The van der Waals surface area contributed by atoms with E-state index in [2.05, 4.69) is 10.3 Å². The van der Waals surface area contributed by atoms with Crippen molar-refractivity contribution in [2.45, 2.75) is 25.3 Å². The molecule has 0 bridgehead atoms. The summed E-state index contributed by atoms with van der Waals surface area (Å²) in [5.74, 6) is -1.38. The van der Waals surface area contributed by atoms with Crippen LogP contribution in [0.1, 0.15) is 40.6 Å². The zero-order chi connectivity index (χ0) is 13.9. The van der Waals surface area contributed by atoms with E-state index in [4.69, 9.17) is 9.84 Å². The number of nitrogens with one attached hydrogen (secondary N) is 1. The minimum Gasteiger partial charge on any atom is -0.477 e. The number of nitrogens with zero attached hydrogens (tertiary/aromatic N) is 1. The fourth-order valence-electron chi connectivity index (χ4n) is 2.03. The Morgan fingerprint density at radius 2 is 2.26 bits per heavy atom. The van der Waals surface area contributed by atoms with Crippen LogP contribution < -0.4 is 5.32 Å². The molecule has 1 atom stereocenters. The Morgan fingerprint density at radius 3 is 2.79 bits per heavy atom. The van der Waals surface area contributed by atoms with Gasteiger partial charge in [-0.15, -0.1) is 0 Å². The largest absolute Gasteiger partial charge is 0.477 e. The van der Waals surface area contributed by atoms with Gasteiger partial charge in [0.1, 0.15) is 5.69 Å². The molecule has 6 nitrogen and oxygen atoms in total. The van der Waals surface area contributed by atoms with Crippen LogP contribution in [-0.4, -0.2) is 40.7 Å². The molecular formula is C13H16N2O4. The predicted molar refractivity (Wildman–Crippen MR) is 67.1 cm³/mol. The third-order valence-corrected chi connectivity index (χ3v) is 3.10. The molecule has 1 unspecified atom stereocenters. The van der Waals surface area contributed by atoms with Gasteiger partial charge in [-0.25, -0.2) is 9.78 Å². The number of pyridine rings is 1. The summed E-state index contributed by atoms with van der Waals surface area (Å²) in [6, 6.07) is 2.77. The summed E-state index contributed by atoms with van der Waals surface area (Å²) < 4.78 is 5.36. The number of carboxylic acids is 1. The highest BCUT2D eigenvalue weighted by Crippen LogP contribution is 2.18. The monoisotopic (exact) mass is 264 g/mol. The Balaban J connectivity index is 2.05. The van der Waals surface area contributed by atoms with Gasteiger partial charge in [-0.1, -0.05) is 0 Å². The molecule has 1 aromatic rings. The van der Waals surface area contributed by atoms with E-state index in [0.717, 1.165) is 19.4 Å². The molecule has 0 spiro atoms. The summed E-state index contributed by atoms with van der Waals surface area (Å²) in [5.41, 5.74) is -0.110. The number of carbonyl (C=O) groups is 2. The van der Waals surface area contributed by atoms with Crippen molar-refractivity contribution in [2.24, 2.45) is 0 Å². The highest BCUT2D eigenvalue weighted by atomic mass is 16.5. The van der Waals surface area contributed by atoms with Crippen molar-refractivity contribution in [1.29, 1.82) is 0 Å². The quantitative estimate of drug-likeness (QED) is 0.852. The maximum Gasteiger partial charge on any atom is 0.354 e. The molecule has 1 aliphatic rings. The number of aromatic carboxylic acids is 1. The molecule has 2 N–H and O–H groups in total. The lowest BCUT2D eigenvalue weighted by atomic mass is 9.94. The molecule has 1 aromatic heterocycles. The average molecular weight is 264 g/mol. The minimum atomic E-state index is -1.11. The number of ether oxygens (including phenoxy) is 1. The molecule has 1 amide bonds. The van der Waals surface area contributed by atoms with Crippen LogP contribution in [0.25, 0.3) is 0 Å². The first-order chi connectivity index (χ1) is 9.00. The molecule has 0 saturated carbocycles. The minimum absolute atomic E-state index is 0.0799. The second kappa shape index (κ2) is 5.36. The Bertz CT molecular complexity index is 478. The predicted octanol–water partition coefficient (Wildman–Crippen LogP) is 1.08. The third-order valence-electron chi connectivity index (χ3n) is 3.10. The van der Waals surface area contributed by atoms with E-state index in [1.54, 1.807) is 0 Å². The lowest BCUT2D eigenvalue weighted by Crippen LogP contribution is -2.51. The SMILES string of the molecule is CC1(NC(=O)c2ccc(C(=O)O)nc2)CCCOC1. The topological polar surface area (TPSA) is 88.5 Å². The summed E-state index contributed by atoms with van der Waals surface area (Å²) >= 11 is 0. The first-order valence-corrected chi connectivity index (χ1v) is 6.10. The molecule has 19 heavy (non-hydrogen) atoms. The second-order valence-electron chi connectivity index (χ2n) is 4.91. The summed E-state index contributed by atoms with van der Waals surface area (Å²) in [6.45, 7) is 3.14. The van der Waals surface area contributed by atoms with E-state index >= 15 is 0 Å². The van der Waals surface area contributed by atoms with Gasteiger partial charge in [-0.3, -0.25) is 4.79 Å². The van der Waals surface area contributed by atoms with Crippen LogP contribution in [-0.2, 0) is 4.74 Å². The molecular weight excluding hydrogens is 248 g/mol. The van der Waals surface area contributed by atoms with Gasteiger partial charge in [-0.2, -0.15) is 0 Å². The highest BCUT2D eigenvalue weighted by molar-refractivity contribution is 5.95. The molecule has 102 valence electrons. The molecule has 1 aliphatic heterocycles. The Labute approximate surface area is 110 Å². The van der Waals surface area contributed by atoms with Gasteiger partial charge in [0.05, 0.1) is 17.7 Å². The van der Waals surface area contributed by atoms with Crippen molar-refractivity contribution >= 4 is 11.9 Å². The van der Waals surface area contributed by atoms with E-state index in [1.807, 2.05) is 6.92 Å². The molecule has 0 aromatic carbocycles. The van der Waals surface area contributed by atoms with Crippen LogP contribution in [0, 0.1) is 0 Å². The number of rotatable bonds is 3. The molecule has 0 radical (unpaired) electrons. The van der Waals surface area contributed by atoms with Gasteiger partial charge in [-0.05, 0) is 31.9 Å². The molecule has 2 rings (SSSR count). The number of amides is 1. The maximum absolute atomic E-state index is 12.0. The van der Waals surface area contributed by atoms with Crippen LogP contribution in [0.3, 0.4) is 0 Å². The van der Waals surface area contributed by atoms with Crippen LogP contribution in [0.15, 0.2) is 18.3 Å².